The molecule has 1 unspecified atom stereocenters. The maximum Gasteiger partial charge on any atom is 0.245 e. The molecule has 0 bridgehead atoms. The molecule has 1 atom stereocenters. The number of hydrogen-bond donors (Lipinski definition) is 2. The van der Waals surface area contributed by atoms with Gasteiger partial charge < -0.3 is 15.5 Å². The first-order valence-corrected chi connectivity index (χ1v) is 9.88. The van der Waals surface area contributed by atoms with E-state index in [1.165, 1.54) is 23.5 Å². The third-order valence-electron chi connectivity index (χ3n) is 4.86. The number of nitrogens with one attached hydrogen (secondary N) is 2. The van der Waals surface area contributed by atoms with Crippen molar-refractivity contribution in [1.29, 1.82) is 10.5 Å². The molecule has 10 heteroatoms. The molecule has 0 aliphatic heterocycles. The Kier molecular flexibility index (Phi) is 6.73. The van der Waals surface area contributed by atoms with Crippen molar-refractivity contribution in [3.05, 3.63) is 30.4 Å². The van der Waals surface area contributed by atoms with Gasteiger partial charge in [-0.05, 0) is 25.3 Å². The molecular formula is C21H22N8O2. The molecule has 0 saturated heterocycles. The molecule has 2 aromatic rings. The lowest BCUT2D eigenvalue weighted by Gasteiger charge is -2.23. The molecule has 1 aliphatic carbocycles. The maximum atomic E-state index is 12.6. The zero-order valence-electron chi connectivity index (χ0n) is 17.3. The second kappa shape index (κ2) is 9.63. The van der Waals surface area contributed by atoms with E-state index in [-0.39, 0.29) is 30.0 Å². The summed E-state index contributed by atoms with van der Waals surface area (Å²) < 4.78 is 0. The first-order chi connectivity index (χ1) is 15.0. The highest BCUT2D eigenvalue weighted by atomic mass is 16.2. The Balaban J connectivity index is 1.79. The Hall–Kier alpha value is -4.05. The standard InChI is InChI=1S/C21H22N8O2/c1-3-15(21(31)29(2)7-6-22)27-16-8-14(10-24-17(16)9-23)18-11-26-19(12-25-18)28-20(30)13-4-5-13/h8,10-13,15,27H,3-5,7H2,1-2H3,(H,26,28,30). The summed E-state index contributed by atoms with van der Waals surface area (Å²) in [6, 6.07) is 5.01. The van der Waals surface area contributed by atoms with Gasteiger partial charge in [-0.15, -0.1) is 0 Å². The number of aromatic nitrogens is 3. The fourth-order valence-corrected chi connectivity index (χ4v) is 2.90. The lowest BCUT2D eigenvalue weighted by molar-refractivity contribution is -0.130. The Bertz CT molecular complexity index is 1050. The van der Waals surface area contributed by atoms with Gasteiger partial charge in [0.05, 0.1) is 29.8 Å². The topological polar surface area (TPSA) is 148 Å². The van der Waals surface area contributed by atoms with E-state index in [1.807, 2.05) is 19.1 Å². The Morgan fingerprint density at radius 2 is 2.00 bits per heavy atom. The molecule has 2 N–H and O–H groups in total. The number of likely N-dealkylation sites (N-methyl/N-ethyl adjacent to an activating group) is 1. The summed E-state index contributed by atoms with van der Waals surface area (Å²) >= 11 is 0. The van der Waals surface area contributed by atoms with Crippen LogP contribution in [0.25, 0.3) is 11.3 Å². The average Bonchev–Trinajstić information content (AvgIpc) is 3.63. The van der Waals surface area contributed by atoms with Crippen LogP contribution in [-0.2, 0) is 9.59 Å². The number of rotatable bonds is 8. The number of hydrogen-bond acceptors (Lipinski definition) is 8. The van der Waals surface area contributed by atoms with Crippen LogP contribution in [0, 0.1) is 28.6 Å². The molecule has 0 aromatic carbocycles. The molecule has 31 heavy (non-hydrogen) atoms. The lowest BCUT2D eigenvalue weighted by atomic mass is 10.1. The van der Waals surface area contributed by atoms with Gasteiger partial charge in [0.1, 0.15) is 18.7 Å². The van der Waals surface area contributed by atoms with Crippen molar-refractivity contribution in [2.24, 2.45) is 5.92 Å². The van der Waals surface area contributed by atoms with Gasteiger partial charge in [-0.25, -0.2) is 9.97 Å². The second-order valence-corrected chi connectivity index (χ2v) is 7.24. The van der Waals surface area contributed by atoms with Crippen LogP contribution in [0.3, 0.4) is 0 Å². The number of carbonyl (C=O) groups excluding carboxylic acids is 2. The SMILES string of the molecule is CCC(Nc1cc(-c2cnc(NC(=O)C3CC3)cn2)cnc1C#N)C(=O)N(C)CC#N. The molecule has 1 saturated carbocycles. The predicted molar refractivity (Wildman–Crippen MR) is 112 cm³/mol. The molecule has 1 aliphatic rings. The van der Waals surface area contributed by atoms with Crippen molar-refractivity contribution in [2.75, 3.05) is 24.2 Å². The van der Waals surface area contributed by atoms with Crippen molar-refractivity contribution < 1.29 is 9.59 Å². The van der Waals surface area contributed by atoms with Crippen molar-refractivity contribution >= 4 is 23.3 Å². The molecule has 10 nitrogen and oxygen atoms in total. The minimum Gasteiger partial charge on any atom is -0.371 e. The van der Waals surface area contributed by atoms with Gasteiger partial charge in [0.25, 0.3) is 0 Å². The van der Waals surface area contributed by atoms with Gasteiger partial charge in [-0.3, -0.25) is 14.6 Å². The smallest absolute Gasteiger partial charge is 0.245 e. The molecule has 2 heterocycles. The normalized spacial score (nSPS) is 13.4. The average molecular weight is 418 g/mol. The highest BCUT2D eigenvalue weighted by Crippen LogP contribution is 2.30. The summed E-state index contributed by atoms with van der Waals surface area (Å²) in [5, 5.41) is 24.0. The van der Waals surface area contributed by atoms with Crippen LogP contribution in [0.15, 0.2) is 24.7 Å². The third kappa shape index (κ3) is 5.31. The second-order valence-electron chi connectivity index (χ2n) is 7.24. The molecule has 0 spiro atoms. The van der Waals surface area contributed by atoms with E-state index in [2.05, 4.69) is 25.6 Å². The summed E-state index contributed by atoms with van der Waals surface area (Å²) in [5.74, 6) is 0.135. The van der Waals surface area contributed by atoms with E-state index in [1.54, 1.807) is 13.1 Å². The van der Waals surface area contributed by atoms with Crippen molar-refractivity contribution in [2.45, 2.75) is 32.2 Å². The van der Waals surface area contributed by atoms with Gasteiger partial charge in [-0.2, -0.15) is 10.5 Å². The molecule has 0 radical (unpaired) electrons. The molecule has 1 fully saturated rings. The number of anilines is 2. The van der Waals surface area contributed by atoms with E-state index in [0.717, 1.165) is 12.8 Å². The van der Waals surface area contributed by atoms with Crippen LogP contribution < -0.4 is 10.6 Å². The van der Waals surface area contributed by atoms with Crippen molar-refractivity contribution in [1.82, 2.24) is 19.9 Å². The van der Waals surface area contributed by atoms with Gasteiger partial charge >= 0.3 is 0 Å². The fourth-order valence-electron chi connectivity index (χ4n) is 2.90. The maximum absolute atomic E-state index is 12.6. The first kappa shape index (κ1) is 21.7. The van der Waals surface area contributed by atoms with Crippen molar-refractivity contribution in [3.8, 4) is 23.4 Å². The molecular weight excluding hydrogens is 396 g/mol. The zero-order chi connectivity index (χ0) is 22.4. The van der Waals surface area contributed by atoms with E-state index in [4.69, 9.17) is 5.26 Å². The molecule has 3 rings (SSSR count). The molecule has 2 amide bonds. The summed E-state index contributed by atoms with van der Waals surface area (Å²) in [5.41, 5.74) is 1.63. The largest absolute Gasteiger partial charge is 0.371 e. The van der Waals surface area contributed by atoms with Crippen LogP contribution in [0.4, 0.5) is 11.5 Å². The summed E-state index contributed by atoms with van der Waals surface area (Å²) in [6.07, 6.45) is 6.74. The van der Waals surface area contributed by atoms with Crippen LogP contribution in [0.2, 0.25) is 0 Å². The van der Waals surface area contributed by atoms with Gasteiger partial charge in [0, 0.05) is 24.7 Å². The van der Waals surface area contributed by atoms with E-state index >= 15 is 0 Å². The molecule has 2 aromatic heterocycles. The molecule has 158 valence electrons. The van der Waals surface area contributed by atoms with Crippen molar-refractivity contribution in [3.63, 3.8) is 0 Å². The van der Waals surface area contributed by atoms with Gasteiger partial charge in [-0.1, -0.05) is 6.92 Å². The van der Waals surface area contributed by atoms with E-state index in [9.17, 15) is 14.9 Å². The highest BCUT2D eigenvalue weighted by Gasteiger charge is 2.29. The lowest BCUT2D eigenvalue weighted by Crippen LogP contribution is -2.40. The number of nitriles is 2. The van der Waals surface area contributed by atoms with Crippen LogP contribution in [0.5, 0.6) is 0 Å². The van der Waals surface area contributed by atoms with Crippen LogP contribution >= 0.6 is 0 Å². The summed E-state index contributed by atoms with van der Waals surface area (Å²) in [6.45, 7) is 1.80. The van der Waals surface area contributed by atoms with E-state index in [0.29, 0.717) is 29.2 Å². The van der Waals surface area contributed by atoms with Gasteiger partial charge in [0.2, 0.25) is 11.8 Å². The Labute approximate surface area is 179 Å². The first-order valence-electron chi connectivity index (χ1n) is 9.88. The van der Waals surface area contributed by atoms with Gasteiger partial charge in [0.15, 0.2) is 11.5 Å². The zero-order valence-corrected chi connectivity index (χ0v) is 17.3. The quantitative estimate of drug-likeness (QED) is 0.618. The Morgan fingerprint density at radius 1 is 1.23 bits per heavy atom. The Morgan fingerprint density at radius 3 is 2.58 bits per heavy atom. The number of nitrogens with zero attached hydrogens (tertiary/aromatic N) is 6. The minimum absolute atomic E-state index is 0.0281. The highest BCUT2D eigenvalue weighted by molar-refractivity contribution is 5.93. The summed E-state index contributed by atoms with van der Waals surface area (Å²) in [4.78, 5) is 38.4. The fraction of sp³-hybridized carbons (Fsp3) is 0.381. The summed E-state index contributed by atoms with van der Waals surface area (Å²) in [7, 11) is 1.55. The van der Waals surface area contributed by atoms with Crippen LogP contribution in [-0.4, -0.2) is 51.3 Å². The number of carbonyl (C=O) groups is 2. The number of pyridine rings is 1. The predicted octanol–water partition coefficient (Wildman–Crippen LogP) is 1.93. The van der Waals surface area contributed by atoms with Crippen LogP contribution in [0.1, 0.15) is 31.9 Å². The number of amides is 2. The third-order valence-corrected chi connectivity index (χ3v) is 4.86. The monoisotopic (exact) mass is 418 g/mol. The van der Waals surface area contributed by atoms with E-state index < -0.39 is 6.04 Å². The minimum atomic E-state index is -0.617.